The van der Waals surface area contributed by atoms with Gasteiger partial charge < -0.3 is 24.1 Å². The maximum atomic E-state index is 12.7. The number of ether oxygens (including phenoxy) is 3. The third-order valence-electron chi connectivity index (χ3n) is 5.01. The second-order valence-corrected chi connectivity index (χ2v) is 7.50. The fourth-order valence-electron chi connectivity index (χ4n) is 3.28. The number of esters is 1. The molecule has 4 rings (SSSR count). The third-order valence-corrected chi connectivity index (χ3v) is 5.01. The van der Waals surface area contributed by atoms with E-state index in [1.807, 2.05) is 19.1 Å². The molecule has 0 unspecified atom stereocenters. The maximum absolute atomic E-state index is 12.7. The van der Waals surface area contributed by atoms with Crippen molar-refractivity contribution in [3.8, 4) is 11.5 Å². The van der Waals surface area contributed by atoms with Gasteiger partial charge in [0.15, 0.2) is 6.61 Å². The van der Waals surface area contributed by atoms with Crippen molar-refractivity contribution in [1.82, 2.24) is 15.5 Å². The maximum Gasteiger partial charge on any atom is 0.339 e. The van der Waals surface area contributed by atoms with Crippen molar-refractivity contribution < 1.29 is 28.3 Å². The second-order valence-electron chi connectivity index (χ2n) is 7.50. The lowest BCUT2D eigenvalue weighted by Crippen LogP contribution is -2.32. The number of nitrogens with one attached hydrogen (secondary N) is 1. The molecule has 0 bridgehead atoms. The number of aryl methyl sites for hydroxylation is 1. The fourth-order valence-corrected chi connectivity index (χ4v) is 3.28. The van der Waals surface area contributed by atoms with Crippen LogP contribution in [0.3, 0.4) is 0 Å². The number of carbonyl (C=O) groups excluding carboxylic acids is 2. The molecule has 9 nitrogen and oxygen atoms in total. The number of hydrogen-bond donors (Lipinski definition) is 1. The van der Waals surface area contributed by atoms with Crippen molar-refractivity contribution >= 4 is 23.0 Å². The van der Waals surface area contributed by atoms with Crippen LogP contribution < -0.4 is 14.8 Å². The average Bonchev–Trinajstić information content (AvgIpc) is 3.59. The molecule has 1 aliphatic rings. The third kappa shape index (κ3) is 5.16. The van der Waals surface area contributed by atoms with Crippen LogP contribution in [0.2, 0.25) is 0 Å². The lowest BCUT2D eigenvalue weighted by molar-refractivity contribution is -0.124. The van der Waals surface area contributed by atoms with Gasteiger partial charge >= 0.3 is 5.97 Å². The summed E-state index contributed by atoms with van der Waals surface area (Å²) in [7, 11) is 0. The van der Waals surface area contributed by atoms with Crippen LogP contribution >= 0.6 is 0 Å². The molecule has 1 saturated carbocycles. The van der Waals surface area contributed by atoms with Crippen LogP contribution in [-0.2, 0) is 9.53 Å². The standard InChI is InChI=1S/C23H25N3O6/c1-3-29-16-6-8-17(9-7-16)30-11-10-24-20(27)13-31-23(28)18-12-19(15-4-5-15)25-22-21(18)14(2)26-32-22/h6-9,12,15H,3-5,10-11,13H2,1-2H3,(H,24,27). The first-order valence-corrected chi connectivity index (χ1v) is 10.6. The van der Waals surface area contributed by atoms with E-state index in [0.29, 0.717) is 40.6 Å². The Morgan fingerprint density at radius 2 is 1.88 bits per heavy atom. The number of benzene rings is 1. The van der Waals surface area contributed by atoms with E-state index in [4.69, 9.17) is 18.7 Å². The normalized spacial score (nSPS) is 13.1. The van der Waals surface area contributed by atoms with Gasteiger partial charge in [0.25, 0.3) is 11.6 Å². The summed E-state index contributed by atoms with van der Waals surface area (Å²) in [6, 6.07) is 8.95. The Kier molecular flexibility index (Phi) is 6.53. The van der Waals surface area contributed by atoms with E-state index in [9.17, 15) is 9.59 Å². The average molecular weight is 439 g/mol. The number of rotatable bonds is 10. The minimum Gasteiger partial charge on any atom is -0.494 e. The van der Waals surface area contributed by atoms with Crippen molar-refractivity contribution in [3.05, 3.63) is 47.3 Å². The van der Waals surface area contributed by atoms with Crippen molar-refractivity contribution in [1.29, 1.82) is 0 Å². The van der Waals surface area contributed by atoms with E-state index in [1.165, 1.54) is 0 Å². The van der Waals surface area contributed by atoms with E-state index in [1.54, 1.807) is 25.1 Å². The van der Waals surface area contributed by atoms with Gasteiger partial charge in [-0.1, -0.05) is 5.16 Å². The lowest BCUT2D eigenvalue weighted by atomic mass is 10.1. The highest BCUT2D eigenvalue weighted by Gasteiger charge is 2.29. The molecule has 1 aromatic carbocycles. The molecule has 0 saturated heterocycles. The van der Waals surface area contributed by atoms with Crippen LogP contribution in [0.4, 0.5) is 0 Å². The number of nitrogens with zero attached hydrogens (tertiary/aromatic N) is 2. The van der Waals surface area contributed by atoms with E-state index in [-0.39, 0.29) is 13.2 Å². The monoisotopic (exact) mass is 439 g/mol. The Balaban J connectivity index is 1.25. The molecule has 32 heavy (non-hydrogen) atoms. The number of amides is 1. The SMILES string of the molecule is CCOc1ccc(OCCNC(=O)COC(=O)c2cc(C3CC3)nc3onc(C)c23)cc1. The second kappa shape index (κ2) is 9.67. The summed E-state index contributed by atoms with van der Waals surface area (Å²) < 4.78 is 21.4. The zero-order valence-electron chi connectivity index (χ0n) is 18.1. The van der Waals surface area contributed by atoms with Gasteiger partial charge in [-0.05, 0) is 57.0 Å². The highest BCUT2D eigenvalue weighted by molar-refractivity contribution is 6.03. The molecule has 2 heterocycles. The Morgan fingerprint density at radius 3 is 2.56 bits per heavy atom. The van der Waals surface area contributed by atoms with Crippen LogP contribution in [0.15, 0.2) is 34.9 Å². The van der Waals surface area contributed by atoms with E-state index in [0.717, 1.165) is 24.3 Å². The van der Waals surface area contributed by atoms with Crippen LogP contribution in [0, 0.1) is 6.92 Å². The van der Waals surface area contributed by atoms with Crippen LogP contribution in [0.5, 0.6) is 11.5 Å². The highest BCUT2D eigenvalue weighted by Crippen LogP contribution is 2.40. The number of aromatic nitrogens is 2. The van der Waals surface area contributed by atoms with Gasteiger partial charge in [0, 0.05) is 11.6 Å². The zero-order chi connectivity index (χ0) is 22.5. The minimum atomic E-state index is -0.605. The number of carbonyl (C=O) groups is 2. The van der Waals surface area contributed by atoms with Crippen LogP contribution in [0.1, 0.15) is 47.4 Å². The minimum absolute atomic E-state index is 0.277. The smallest absolute Gasteiger partial charge is 0.339 e. The summed E-state index contributed by atoms with van der Waals surface area (Å²) in [6.45, 7) is 4.42. The van der Waals surface area contributed by atoms with Gasteiger partial charge in [-0.2, -0.15) is 0 Å². The number of hydrogen-bond acceptors (Lipinski definition) is 8. The van der Waals surface area contributed by atoms with Crippen LogP contribution in [-0.4, -0.2) is 48.4 Å². The number of fused-ring (bicyclic) bond motifs is 1. The molecular weight excluding hydrogens is 414 g/mol. The molecule has 2 aromatic heterocycles. The predicted octanol–water partition coefficient (Wildman–Crippen LogP) is 3.16. The molecule has 0 spiro atoms. The molecule has 3 aromatic rings. The molecule has 1 amide bonds. The zero-order valence-corrected chi connectivity index (χ0v) is 18.1. The van der Waals surface area contributed by atoms with E-state index < -0.39 is 18.5 Å². The lowest BCUT2D eigenvalue weighted by Gasteiger charge is -2.10. The van der Waals surface area contributed by atoms with Crippen LogP contribution in [0.25, 0.3) is 11.1 Å². The van der Waals surface area contributed by atoms with Crippen molar-refractivity contribution in [3.63, 3.8) is 0 Å². The van der Waals surface area contributed by atoms with Gasteiger partial charge in [-0.3, -0.25) is 4.79 Å². The molecule has 0 atom stereocenters. The molecule has 168 valence electrons. The summed E-state index contributed by atoms with van der Waals surface area (Å²) in [5.41, 5.74) is 1.98. The molecule has 1 fully saturated rings. The number of pyridine rings is 1. The van der Waals surface area contributed by atoms with Gasteiger partial charge in [0.2, 0.25) is 0 Å². The first-order valence-electron chi connectivity index (χ1n) is 10.6. The summed E-state index contributed by atoms with van der Waals surface area (Å²) in [4.78, 5) is 29.2. The molecular formula is C23H25N3O6. The van der Waals surface area contributed by atoms with Gasteiger partial charge in [0.1, 0.15) is 18.1 Å². The van der Waals surface area contributed by atoms with Gasteiger partial charge in [0.05, 0.1) is 29.8 Å². The summed E-state index contributed by atoms with van der Waals surface area (Å²) in [5.74, 6) is 0.753. The van der Waals surface area contributed by atoms with E-state index in [2.05, 4.69) is 15.5 Å². The first-order chi connectivity index (χ1) is 15.5. The Labute approximate surface area is 185 Å². The molecule has 1 N–H and O–H groups in total. The summed E-state index contributed by atoms with van der Waals surface area (Å²) in [6.07, 6.45) is 2.06. The summed E-state index contributed by atoms with van der Waals surface area (Å²) in [5, 5.41) is 7.08. The molecule has 0 radical (unpaired) electrons. The molecule has 1 aliphatic carbocycles. The first kappa shape index (κ1) is 21.6. The van der Waals surface area contributed by atoms with Crippen molar-refractivity contribution in [2.45, 2.75) is 32.6 Å². The summed E-state index contributed by atoms with van der Waals surface area (Å²) >= 11 is 0. The Morgan fingerprint density at radius 1 is 1.16 bits per heavy atom. The quantitative estimate of drug-likeness (QED) is 0.379. The molecule has 0 aliphatic heterocycles. The van der Waals surface area contributed by atoms with Crippen molar-refractivity contribution in [2.24, 2.45) is 0 Å². The molecule has 9 heteroatoms. The fraction of sp³-hybridized carbons (Fsp3) is 0.391. The Hall–Kier alpha value is -3.62. The Bertz CT molecular complexity index is 1100. The van der Waals surface area contributed by atoms with E-state index >= 15 is 0 Å². The van der Waals surface area contributed by atoms with Crippen molar-refractivity contribution in [2.75, 3.05) is 26.4 Å². The predicted molar refractivity (Wildman–Crippen MR) is 115 cm³/mol. The van der Waals surface area contributed by atoms with Gasteiger partial charge in [-0.15, -0.1) is 0 Å². The van der Waals surface area contributed by atoms with Gasteiger partial charge in [-0.25, -0.2) is 9.78 Å². The highest BCUT2D eigenvalue weighted by atomic mass is 16.5. The largest absolute Gasteiger partial charge is 0.494 e. The topological polar surface area (TPSA) is 113 Å².